The van der Waals surface area contributed by atoms with Crippen LogP contribution in [-0.2, 0) is 4.79 Å². The summed E-state index contributed by atoms with van der Waals surface area (Å²) in [5, 5.41) is 11.7. The van der Waals surface area contributed by atoms with Gasteiger partial charge < -0.3 is 10.4 Å². The molecule has 0 spiro atoms. The Morgan fingerprint density at radius 3 is 2.67 bits per heavy atom. The van der Waals surface area contributed by atoms with E-state index in [1.165, 1.54) is 6.92 Å². The van der Waals surface area contributed by atoms with Crippen LogP contribution in [0.1, 0.15) is 19.8 Å². The highest BCUT2D eigenvalue weighted by molar-refractivity contribution is 5.72. The molecule has 3 heteroatoms. The zero-order chi connectivity index (χ0) is 6.91. The van der Waals surface area contributed by atoms with Crippen molar-refractivity contribution in [2.75, 3.05) is 6.54 Å². The van der Waals surface area contributed by atoms with Crippen molar-refractivity contribution in [3.63, 3.8) is 0 Å². The van der Waals surface area contributed by atoms with Crippen molar-refractivity contribution in [2.24, 2.45) is 0 Å². The van der Waals surface area contributed by atoms with Gasteiger partial charge in [0.2, 0.25) is 5.91 Å². The average molecular weight is 129 g/mol. The van der Waals surface area contributed by atoms with Gasteiger partial charge in [0.05, 0.1) is 5.60 Å². The molecule has 0 heterocycles. The van der Waals surface area contributed by atoms with Gasteiger partial charge in [0.15, 0.2) is 0 Å². The molecule has 0 saturated heterocycles. The molecule has 0 aromatic carbocycles. The normalized spacial score (nSPS) is 21.1. The summed E-state index contributed by atoms with van der Waals surface area (Å²) in [5.41, 5.74) is -0.550. The summed E-state index contributed by atoms with van der Waals surface area (Å²) in [4.78, 5) is 10.3. The fraction of sp³-hybridized carbons (Fsp3) is 0.833. The van der Waals surface area contributed by atoms with Crippen molar-refractivity contribution in [1.29, 1.82) is 0 Å². The second-order valence-electron chi connectivity index (χ2n) is 2.63. The smallest absolute Gasteiger partial charge is 0.216 e. The molecule has 1 saturated carbocycles. The third-order valence-corrected chi connectivity index (χ3v) is 1.49. The number of carbonyl (C=O) groups is 1. The van der Waals surface area contributed by atoms with Crippen LogP contribution in [0.2, 0.25) is 0 Å². The third-order valence-electron chi connectivity index (χ3n) is 1.49. The second kappa shape index (κ2) is 1.99. The highest BCUT2D eigenvalue weighted by Gasteiger charge is 2.39. The predicted molar refractivity (Wildman–Crippen MR) is 32.9 cm³/mol. The molecule has 0 unspecified atom stereocenters. The largest absolute Gasteiger partial charge is 0.388 e. The zero-order valence-corrected chi connectivity index (χ0v) is 5.48. The number of rotatable bonds is 2. The van der Waals surface area contributed by atoms with Crippen LogP contribution in [-0.4, -0.2) is 23.2 Å². The lowest BCUT2D eigenvalue weighted by Gasteiger charge is -2.05. The molecule has 9 heavy (non-hydrogen) atoms. The van der Waals surface area contributed by atoms with E-state index in [1.807, 2.05) is 0 Å². The minimum Gasteiger partial charge on any atom is -0.388 e. The number of amides is 1. The SMILES string of the molecule is CC(=O)NCC1(O)CC1. The summed E-state index contributed by atoms with van der Waals surface area (Å²) in [5.74, 6) is -0.0738. The highest BCUT2D eigenvalue weighted by atomic mass is 16.3. The molecule has 0 radical (unpaired) electrons. The van der Waals surface area contributed by atoms with E-state index in [9.17, 15) is 4.79 Å². The van der Waals surface area contributed by atoms with E-state index in [2.05, 4.69) is 5.32 Å². The highest BCUT2D eigenvalue weighted by Crippen LogP contribution is 2.33. The van der Waals surface area contributed by atoms with Crippen LogP contribution < -0.4 is 5.32 Å². The van der Waals surface area contributed by atoms with Gasteiger partial charge in [-0.15, -0.1) is 0 Å². The molecule has 52 valence electrons. The summed E-state index contributed by atoms with van der Waals surface area (Å²) in [6, 6.07) is 0. The van der Waals surface area contributed by atoms with Crippen LogP contribution in [0.3, 0.4) is 0 Å². The number of nitrogens with one attached hydrogen (secondary N) is 1. The maximum atomic E-state index is 10.3. The van der Waals surface area contributed by atoms with Gasteiger partial charge in [0.25, 0.3) is 0 Å². The van der Waals surface area contributed by atoms with Gasteiger partial charge in [0.1, 0.15) is 0 Å². The molecule has 0 bridgehead atoms. The topological polar surface area (TPSA) is 49.3 Å². The van der Waals surface area contributed by atoms with E-state index >= 15 is 0 Å². The van der Waals surface area contributed by atoms with Crippen LogP contribution in [0.4, 0.5) is 0 Å². The van der Waals surface area contributed by atoms with E-state index in [0.717, 1.165) is 12.8 Å². The zero-order valence-electron chi connectivity index (χ0n) is 5.48. The first-order valence-electron chi connectivity index (χ1n) is 3.09. The number of hydrogen-bond donors (Lipinski definition) is 2. The first-order valence-corrected chi connectivity index (χ1v) is 3.09. The lowest BCUT2D eigenvalue weighted by molar-refractivity contribution is -0.119. The van der Waals surface area contributed by atoms with Crippen LogP contribution in [0.25, 0.3) is 0 Å². The summed E-state index contributed by atoms with van der Waals surface area (Å²) >= 11 is 0. The van der Waals surface area contributed by atoms with Crippen LogP contribution >= 0.6 is 0 Å². The summed E-state index contributed by atoms with van der Waals surface area (Å²) < 4.78 is 0. The second-order valence-corrected chi connectivity index (χ2v) is 2.63. The number of aliphatic hydroxyl groups is 1. The lowest BCUT2D eigenvalue weighted by atomic mass is 10.3. The Labute approximate surface area is 54.1 Å². The maximum Gasteiger partial charge on any atom is 0.216 e. The average Bonchev–Trinajstić information content (AvgIpc) is 2.45. The van der Waals surface area contributed by atoms with E-state index in [1.54, 1.807) is 0 Å². The molecule has 0 aliphatic heterocycles. The maximum absolute atomic E-state index is 10.3. The van der Waals surface area contributed by atoms with E-state index in [0.29, 0.717) is 6.54 Å². The monoisotopic (exact) mass is 129 g/mol. The van der Waals surface area contributed by atoms with Crippen LogP contribution in [0.15, 0.2) is 0 Å². The van der Waals surface area contributed by atoms with Crippen molar-refractivity contribution in [2.45, 2.75) is 25.4 Å². The fourth-order valence-electron chi connectivity index (χ4n) is 0.610. The molecule has 2 N–H and O–H groups in total. The summed E-state index contributed by atoms with van der Waals surface area (Å²) in [7, 11) is 0. The minimum absolute atomic E-state index is 0.0738. The summed E-state index contributed by atoms with van der Waals surface area (Å²) in [6.07, 6.45) is 1.65. The Balaban J connectivity index is 2.12. The van der Waals surface area contributed by atoms with Gasteiger partial charge in [-0.2, -0.15) is 0 Å². The number of carbonyl (C=O) groups excluding carboxylic acids is 1. The fourth-order valence-corrected chi connectivity index (χ4v) is 0.610. The molecule has 0 aromatic heterocycles. The Morgan fingerprint density at radius 1 is 1.78 bits per heavy atom. The van der Waals surface area contributed by atoms with Crippen LogP contribution in [0, 0.1) is 0 Å². The molecule has 0 aromatic rings. The first kappa shape index (κ1) is 6.55. The van der Waals surface area contributed by atoms with E-state index in [-0.39, 0.29) is 5.91 Å². The van der Waals surface area contributed by atoms with Crippen molar-refractivity contribution < 1.29 is 9.90 Å². The Hall–Kier alpha value is -0.570. The number of hydrogen-bond acceptors (Lipinski definition) is 2. The van der Waals surface area contributed by atoms with Gasteiger partial charge in [-0.25, -0.2) is 0 Å². The molecule has 1 aliphatic carbocycles. The minimum atomic E-state index is -0.550. The van der Waals surface area contributed by atoms with Gasteiger partial charge in [0, 0.05) is 13.5 Å². The third kappa shape index (κ3) is 2.01. The van der Waals surface area contributed by atoms with E-state index < -0.39 is 5.60 Å². The molecule has 0 atom stereocenters. The van der Waals surface area contributed by atoms with E-state index in [4.69, 9.17) is 5.11 Å². The Morgan fingerprint density at radius 2 is 2.33 bits per heavy atom. The predicted octanol–water partition coefficient (Wildman–Crippen LogP) is -0.353. The molecule has 1 rings (SSSR count). The molecule has 1 amide bonds. The molecular weight excluding hydrogens is 118 g/mol. The Kier molecular flexibility index (Phi) is 1.45. The molecule has 3 nitrogen and oxygen atoms in total. The van der Waals surface area contributed by atoms with Gasteiger partial charge >= 0.3 is 0 Å². The molecule has 1 fully saturated rings. The quantitative estimate of drug-likeness (QED) is 0.535. The van der Waals surface area contributed by atoms with Gasteiger partial charge in [-0.05, 0) is 12.8 Å². The standard InChI is InChI=1S/C6H11NO2/c1-5(8)7-4-6(9)2-3-6/h9H,2-4H2,1H3,(H,7,8). The van der Waals surface area contributed by atoms with Crippen molar-refractivity contribution in [3.05, 3.63) is 0 Å². The first-order chi connectivity index (χ1) is 4.12. The summed E-state index contributed by atoms with van der Waals surface area (Å²) in [6.45, 7) is 1.87. The van der Waals surface area contributed by atoms with Crippen molar-refractivity contribution in [1.82, 2.24) is 5.32 Å². The molecule has 1 aliphatic rings. The Bertz CT molecular complexity index is 129. The molecular formula is C6H11NO2. The van der Waals surface area contributed by atoms with Gasteiger partial charge in [-0.1, -0.05) is 0 Å². The van der Waals surface area contributed by atoms with Gasteiger partial charge in [-0.3, -0.25) is 4.79 Å². The lowest BCUT2D eigenvalue weighted by Crippen LogP contribution is -2.31. The van der Waals surface area contributed by atoms with Crippen molar-refractivity contribution in [3.8, 4) is 0 Å². The van der Waals surface area contributed by atoms with Crippen molar-refractivity contribution >= 4 is 5.91 Å². The van der Waals surface area contributed by atoms with Crippen LogP contribution in [0.5, 0.6) is 0 Å².